The summed E-state index contributed by atoms with van der Waals surface area (Å²) in [4.78, 5) is 33.0. The molecule has 0 radical (unpaired) electrons. The predicted octanol–water partition coefficient (Wildman–Crippen LogP) is 11.2. The van der Waals surface area contributed by atoms with Crippen LogP contribution in [0, 0.1) is 5.92 Å². The zero-order valence-corrected chi connectivity index (χ0v) is 33.0. The summed E-state index contributed by atoms with van der Waals surface area (Å²) in [5.41, 5.74) is 2.58. The minimum Gasteiger partial charge on any atom is -0.367 e. The Bertz CT molecular complexity index is 1280. The molecule has 8 heteroatoms. The van der Waals surface area contributed by atoms with Crippen LogP contribution in [0.4, 0.5) is 0 Å². The van der Waals surface area contributed by atoms with Gasteiger partial charge in [0.2, 0.25) is 0 Å². The molecule has 1 N–H and O–H groups in total. The predicted molar refractivity (Wildman–Crippen MR) is 207 cm³/mol. The summed E-state index contributed by atoms with van der Waals surface area (Å²) < 4.78 is 5.71. The first-order valence-electron chi connectivity index (χ1n) is 18.4. The zero-order chi connectivity index (χ0) is 34.6. The molecule has 2 unspecified atom stereocenters. The highest BCUT2D eigenvalue weighted by molar-refractivity contribution is 8.03. The monoisotopic (exact) mass is 702 g/mol. The summed E-state index contributed by atoms with van der Waals surface area (Å²) in [7, 11) is 1.69. The fourth-order valence-corrected chi connectivity index (χ4v) is 9.01. The van der Waals surface area contributed by atoms with Crippen LogP contribution in [0.1, 0.15) is 154 Å². The Morgan fingerprint density at radius 2 is 1.60 bits per heavy atom. The maximum Gasteiger partial charge on any atom is 0.261 e. The highest BCUT2D eigenvalue weighted by atomic mass is 32.2. The summed E-state index contributed by atoms with van der Waals surface area (Å²) in [6, 6.07) is 4.21. The van der Waals surface area contributed by atoms with E-state index in [1.165, 1.54) is 64.2 Å². The Balaban J connectivity index is 2.07. The molecule has 264 valence electrons. The Hall–Kier alpha value is -1.48. The molecule has 3 rings (SSSR count). The standard InChI is InChI=1S/C39H62N2O3S3/c1-9-13-15-17-18-20-23-29(22-19-16-14-10-2)26-41-36(32-25-24-30(47-32)28(6)39(7,45)44-8)34-33(38(41)43)35(40-37(34)42)31(21-11-3)46-27(5)12-4/h21,24-25,27-29,45H,9-20,22-23,26H2,1-8H3,(H,40,42)/b31-21-/t27-,28+,29?,39?/m0/s1. The molecule has 2 amide bonds. The van der Waals surface area contributed by atoms with Crippen LogP contribution in [0.2, 0.25) is 0 Å². The Kier molecular flexibility index (Phi) is 16.7. The van der Waals surface area contributed by atoms with E-state index in [9.17, 15) is 9.59 Å². The molecule has 0 aromatic carbocycles. The van der Waals surface area contributed by atoms with E-state index in [2.05, 4.69) is 65.1 Å². The van der Waals surface area contributed by atoms with Crippen molar-refractivity contribution in [3.05, 3.63) is 49.7 Å². The number of ether oxygens (including phenoxy) is 1. The normalized spacial score (nSPS) is 18.6. The highest BCUT2D eigenvalue weighted by Crippen LogP contribution is 2.47. The van der Waals surface area contributed by atoms with Gasteiger partial charge in [0.1, 0.15) is 4.93 Å². The lowest BCUT2D eigenvalue weighted by atomic mass is 9.93. The summed E-state index contributed by atoms with van der Waals surface area (Å²) in [5, 5.41) is 3.54. The molecule has 0 aliphatic carbocycles. The third-order valence-electron chi connectivity index (χ3n) is 9.85. The zero-order valence-electron chi connectivity index (χ0n) is 30.5. The van der Waals surface area contributed by atoms with Crippen molar-refractivity contribution >= 4 is 53.2 Å². The van der Waals surface area contributed by atoms with E-state index >= 15 is 0 Å². The molecule has 2 aliphatic heterocycles. The van der Waals surface area contributed by atoms with Gasteiger partial charge in [-0.1, -0.05) is 112 Å². The first kappa shape index (κ1) is 40.0. The lowest BCUT2D eigenvalue weighted by Gasteiger charge is -2.28. The van der Waals surface area contributed by atoms with Gasteiger partial charge < -0.3 is 15.0 Å². The second-order valence-electron chi connectivity index (χ2n) is 13.6. The quantitative estimate of drug-likeness (QED) is 0.0677. The average molecular weight is 703 g/mol. The largest absolute Gasteiger partial charge is 0.367 e. The van der Waals surface area contributed by atoms with E-state index in [-0.39, 0.29) is 17.7 Å². The first-order chi connectivity index (χ1) is 22.5. The number of hydrogen-bond donors (Lipinski definition) is 2. The molecule has 0 saturated carbocycles. The number of amides is 2. The van der Waals surface area contributed by atoms with E-state index in [0.29, 0.717) is 34.6 Å². The molecule has 5 nitrogen and oxygen atoms in total. The van der Waals surface area contributed by atoms with Crippen molar-refractivity contribution in [3.8, 4) is 0 Å². The number of nitrogens with one attached hydrogen (secondary N) is 1. The highest BCUT2D eigenvalue weighted by Gasteiger charge is 2.47. The Labute approximate surface area is 300 Å². The minimum atomic E-state index is -0.637. The van der Waals surface area contributed by atoms with Crippen molar-refractivity contribution in [2.75, 3.05) is 13.7 Å². The smallest absolute Gasteiger partial charge is 0.261 e. The van der Waals surface area contributed by atoms with E-state index in [1.54, 1.807) is 30.2 Å². The molecule has 0 fully saturated rings. The van der Waals surface area contributed by atoms with Crippen LogP contribution in [-0.4, -0.2) is 40.6 Å². The average Bonchev–Trinajstić information content (AvgIpc) is 3.75. The Morgan fingerprint density at radius 3 is 2.19 bits per heavy atom. The summed E-state index contributed by atoms with van der Waals surface area (Å²) in [6.45, 7) is 15.8. The number of carbonyl (C=O) groups is 2. The van der Waals surface area contributed by atoms with Crippen molar-refractivity contribution in [2.45, 2.75) is 154 Å². The van der Waals surface area contributed by atoms with Crippen LogP contribution in [0.3, 0.4) is 0 Å². The maximum absolute atomic E-state index is 14.7. The topological polar surface area (TPSA) is 58.6 Å². The van der Waals surface area contributed by atoms with Crippen molar-refractivity contribution in [2.24, 2.45) is 5.92 Å². The third-order valence-corrected chi connectivity index (χ3v) is 13.1. The van der Waals surface area contributed by atoms with E-state index in [4.69, 9.17) is 17.4 Å². The van der Waals surface area contributed by atoms with Crippen molar-refractivity contribution in [1.82, 2.24) is 10.2 Å². The molecule has 0 saturated heterocycles. The Morgan fingerprint density at radius 1 is 0.979 bits per heavy atom. The SMILES string of the molecule is CC/C=C(\S[C@@H](C)CC)C1=C2C(=O)N(CC(CCCCCC)CCCCCCCC)C(c3ccc([C@@H](C)C(C)(S)OC)s3)=C2C(=O)N1. The van der Waals surface area contributed by atoms with Crippen LogP contribution >= 0.6 is 35.7 Å². The van der Waals surface area contributed by atoms with Gasteiger partial charge in [-0.05, 0) is 50.7 Å². The van der Waals surface area contributed by atoms with Gasteiger partial charge in [0.05, 0.1) is 27.4 Å². The molecule has 47 heavy (non-hydrogen) atoms. The van der Waals surface area contributed by atoms with Gasteiger partial charge in [-0.3, -0.25) is 9.59 Å². The van der Waals surface area contributed by atoms with Gasteiger partial charge >= 0.3 is 0 Å². The van der Waals surface area contributed by atoms with Gasteiger partial charge in [-0.25, -0.2) is 0 Å². The second kappa shape index (κ2) is 19.6. The number of hydrogen-bond acceptors (Lipinski definition) is 6. The number of allylic oxidation sites excluding steroid dienone is 1. The van der Waals surface area contributed by atoms with Crippen LogP contribution < -0.4 is 5.32 Å². The molecule has 4 atom stereocenters. The van der Waals surface area contributed by atoms with Crippen molar-refractivity contribution in [1.29, 1.82) is 0 Å². The molecular weight excluding hydrogens is 641 g/mol. The third kappa shape index (κ3) is 10.5. The summed E-state index contributed by atoms with van der Waals surface area (Å²) in [5.74, 6) is 0.229. The number of rotatable bonds is 23. The molecule has 2 aliphatic rings. The summed E-state index contributed by atoms with van der Waals surface area (Å²) >= 11 is 8.19. The molecule has 0 bridgehead atoms. The van der Waals surface area contributed by atoms with Crippen molar-refractivity contribution in [3.63, 3.8) is 0 Å². The molecule has 1 aromatic heterocycles. The lowest BCUT2D eigenvalue weighted by Crippen LogP contribution is -2.32. The van der Waals surface area contributed by atoms with Crippen molar-refractivity contribution < 1.29 is 14.3 Å². The number of thiol groups is 1. The van der Waals surface area contributed by atoms with E-state index in [0.717, 1.165) is 46.0 Å². The number of thioether (sulfide) groups is 1. The molecular formula is C39H62N2O3S3. The van der Waals surface area contributed by atoms with Crippen LogP contribution in [0.5, 0.6) is 0 Å². The molecule has 1 aromatic rings. The van der Waals surface area contributed by atoms with Gasteiger partial charge in [-0.2, -0.15) is 0 Å². The number of nitrogens with zero attached hydrogens (tertiary/aromatic N) is 1. The van der Waals surface area contributed by atoms with E-state index < -0.39 is 4.93 Å². The minimum absolute atomic E-state index is 0.0266. The number of thiophene rings is 1. The number of methoxy groups -OCH3 is 1. The maximum atomic E-state index is 14.7. The molecule has 0 spiro atoms. The lowest BCUT2D eigenvalue weighted by molar-refractivity contribution is -0.123. The second-order valence-corrected chi connectivity index (χ2v) is 17.1. The fraction of sp³-hybridized carbons (Fsp3) is 0.692. The van der Waals surface area contributed by atoms with Crippen LogP contribution in [-0.2, 0) is 14.3 Å². The fourth-order valence-electron chi connectivity index (χ4n) is 6.41. The van der Waals surface area contributed by atoms with Gasteiger partial charge in [0.15, 0.2) is 0 Å². The molecule has 3 heterocycles. The van der Waals surface area contributed by atoms with Crippen LogP contribution in [0.15, 0.2) is 40.0 Å². The van der Waals surface area contributed by atoms with E-state index in [1.807, 2.05) is 11.8 Å². The van der Waals surface area contributed by atoms with Crippen LogP contribution in [0.25, 0.3) is 5.70 Å². The van der Waals surface area contributed by atoms with Gasteiger partial charge in [-0.15, -0.1) is 35.7 Å². The number of carbonyl (C=O) groups excluding carboxylic acids is 2. The van der Waals surface area contributed by atoms with Gasteiger partial charge in [0.25, 0.3) is 11.8 Å². The first-order valence-corrected chi connectivity index (χ1v) is 20.6. The van der Waals surface area contributed by atoms with Gasteiger partial charge in [0, 0.05) is 34.6 Å². The number of fused-ring (bicyclic) bond motifs is 1. The summed E-state index contributed by atoms with van der Waals surface area (Å²) in [6.07, 6.45) is 18.7. The number of unbranched alkanes of at least 4 members (excludes halogenated alkanes) is 8.